The van der Waals surface area contributed by atoms with Crippen LogP contribution in [0.25, 0.3) is 0 Å². The predicted molar refractivity (Wildman–Crippen MR) is 78.4 cm³/mol. The number of hydrogen-bond acceptors (Lipinski definition) is 1. The Morgan fingerprint density at radius 3 is 2.11 bits per heavy atom. The van der Waals surface area contributed by atoms with Crippen LogP contribution >= 0.6 is 0 Å². The summed E-state index contributed by atoms with van der Waals surface area (Å²) in [5.41, 5.74) is -0.539. The molecule has 1 rings (SSSR count). The van der Waals surface area contributed by atoms with Crippen molar-refractivity contribution >= 4 is 5.78 Å². The average molecular weight is 252 g/mol. The molecule has 18 heavy (non-hydrogen) atoms. The quantitative estimate of drug-likeness (QED) is 0.634. The smallest absolute Gasteiger partial charge is 0.199 e. The summed E-state index contributed by atoms with van der Waals surface area (Å²) in [6.45, 7) is 18.5. The van der Waals surface area contributed by atoms with E-state index in [1.165, 1.54) is 13.0 Å². The zero-order valence-electron chi connectivity index (χ0n) is 11.9. The molecule has 0 bridgehead atoms. The van der Waals surface area contributed by atoms with Crippen molar-refractivity contribution in [1.82, 2.24) is 0 Å². The lowest BCUT2D eigenvalue weighted by atomic mass is 9.93. The number of allylic oxidation sites excluding steroid dienone is 4. The average Bonchev–Trinajstić information content (AvgIpc) is 2.51. The third-order valence-electron chi connectivity index (χ3n) is 2.61. The molecule has 1 atom stereocenters. The zero-order valence-corrected chi connectivity index (χ0v) is 11.9. The molecule has 0 spiro atoms. The Morgan fingerprint density at radius 1 is 1.22 bits per heavy atom. The van der Waals surface area contributed by atoms with Crippen LogP contribution in [0.1, 0.15) is 40.0 Å². The number of Topliss-reactive ketones (excluding diaryl/α,β-unsaturated/α-hetero) is 1. The van der Waals surface area contributed by atoms with E-state index in [2.05, 4.69) is 26.3 Å². The third-order valence-corrected chi connectivity index (χ3v) is 2.61. The molecule has 1 aliphatic carbocycles. The van der Waals surface area contributed by atoms with Gasteiger partial charge >= 0.3 is 0 Å². The molecule has 0 aromatic carbocycles. The van der Waals surface area contributed by atoms with Crippen molar-refractivity contribution in [1.29, 1.82) is 0 Å². The zero-order chi connectivity index (χ0) is 14.8. The van der Waals surface area contributed by atoms with Crippen molar-refractivity contribution in [2.75, 3.05) is 0 Å². The molecule has 102 valence electrons. The molecule has 2 heteroatoms. The fourth-order valence-corrected chi connectivity index (χ4v) is 1.72. The maximum atomic E-state index is 13.8. The Hall–Kier alpha value is -1.44. The Bertz CT molecular complexity index is 324. The number of ketones is 1. The van der Waals surface area contributed by atoms with Gasteiger partial charge < -0.3 is 0 Å². The van der Waals surface area contributed by atoms with E-state index in [1.807, 2.05) is 13.8 Å². The summed E-state index contributed by atoms with van der Waals surface area (Å²) < 4.78 is 13.8. The highest BCUT2D eigenvalue weighted by molar-refractivity contribution is 6.04. The van der Waals surface area contributed by atoms with Gasteiger partial charge in [0.2, 0.25) is 0 Å². The molecular formula is C16H25FO. The standard InChI is InChI=1S/C12H15FO.C2H6.C2H4/c1-4-9-7-6-8-12(3,13)11(14)10(9)5-2;2*1-2/h4-5H,1-2,6-8H2,3H3;1-2H3;1-2H2. The van der Waals surface area contributed by atoms with Crippen molar-refractivity contribution < 1.29 is 9.18 Å². The maximum absolute atomic E-state index is 13.8. The van der Waals surface area contributed by atoms with Crippen LogP contribution < -0.4 is 0 Å². The minimum atomic E-state index is -1.74. The molecule has 1 unspecified atom stereocenters. The van der Waals surface area contributed by atoms with Gasteiger partial charge in [0, 0.05) is 5.57 Å². The van der Waals surface area contributed by atoms with Crippen LogP contribution in [0.2, 0.25) is 0 Å². The molecule has 0 aromatic rings. The molecule has 0 heterocycles. The first-order valence-electron chi connectivity index (χ1n) is 6.24. The van der Waals surface area contributed by atoms with E-state index in [-0.39, 0.29) is 6.42 Å². The fourth-order valence-electron chi connectivity index (χ4n) is 1.72. The predicted octanol–water partition coefficient (Wildman–Crippen LogP) is 4.96. The van der Waals surface area contributed by atoms with Gasteiger partial charge in [-0.15, -0.1) is 13.2 Å². The van der Waals surface area contributed by atoms with E-state index < -0.39 is 11.5 Å². The van der Waals surface area contributed by atoms with Gasteiger partial charge in [0.1, 0.15) is 0 Å². The molecule has 0 aromatic heterocycles. The van der Waals surface area contributed by atoms with Crippen molar-refractivity contribution in [3.63, 3.8) is 0 Å². The van der Waals surface area contributed by atoms with Crippen LogP contribution in [0.4, 0.5) is 4.39 Å². The van der Waals surface area contributed by atoms with Crippen LogP contribution in [0.5, 0.6) is 0 Å². The molecule has 0 N–H and O–H groups in total. The lowest BCUT2D eigenvalue weighted by Gasteiger charge is -2.16. The summed E-state index contributed by atoms with van der Waals surface area (Å²) in [6, 6.07) is 0. The molecule has 0 amide bonds. The van der Waals surface area contributed by atoms with Crippen molar-refractivity contribution in [2.24, 2.45) is 0 Å². The van der Waals surface area contributed by atoms with Gasteiger partial charge in [0.25, 0.3) is 0 Å². The fraction of sp³-hybridized carbons (Fsp3) is 0.438. The van der Waals surface area contributed by atoms with Gasteiger partial charge in [-0.3, -0.25) is 4.79 Å². The van der Waals surface area contributed by atoms with Gasteiger partial charge in [-0.05, 0) is 31.8 Å². The number of rotatable bonds is 2. The summed E-state index contributed by atoms with van der Waals surface area (Å²) >= 11 is 0. The van der Waals surface area contributed by atoms with Gasteiger partial charge in [0.15, 0.2) is 11.5 Å². The largest absolute Gasteiger partial charge is 0.291 e. The number of carbonyl (C=O) groups is 1. The lowest BCUT2D eigenvalue weighted by molar-refractivity contribution is -0.125. The molecule has 0 aliphatic heterocycles. The van der Waals surface area contributed by atoms with E-state index >= 15 is 0 Å². The van der Waals surface area contributed by atoms with E-state index in [0.717, 1.165) is 5.57 Å². The second-order valence-corrected chi connectivity index (χ2v) is 3.73. The van der Waals surface area contributed by atoms with E-state index in [4.69, 9.17) is 0 Å². The molecule has 0 saturated heterocycles. The third kappa shape index (κ3) is 4.82. The summed E-state index contributed by atoms with van der Waals surface area (Å²) in [6.07, 6.45) is 4.72. The number of halogens is 1. The lowest BCUT2D eigenvalue weighted by Crippen LogP contribution is -2.30. The Morgan fingerprint density at radius 2 is 1.72 bits per heavy atom. The van der Waals surface area contributed by atoms with Crippen LogP contribution in [-0.2, 0) is 4.79 Å². The van der Waals surface area contributed by atoms with Crippen molar-refractivity contribution in [3.8, 4) is 0 Å². The normalized spacial score (nSPS) is 22.8. The van der Waals surface area contributed by atoms with Crippen LogP contribution in [-0.4, -0.2) is 11.5 Å². The summed E-state index contributed by atoms with van der Waals surface area (Å²) in [5.74, 6) is -0.458. The van der Waals surface area contributed by atoms with Crippen LogP contribution in [0, 0.1) is 0 Å². The summed E-state index contributed by atoms with van der Waals surface area (Å²) in [4.78, 5) is 11.7. The SMILES string of the molecule is C=C.C=CC1=C(C=C)C(=O)C(C)(F)CCC1.CC. The van der Waals surface area contributed by atoms with Gasteiger partial charge in [-0.25, -0.2) is 4.39 Å². The van der Waals surface area contributed by atoms with E-state index in [9.17, 15) is 9.18 Å². The monoisotopic (exact) mass is 252 g/mol. The molecular weight excluding hydrogens is 227 g/mol. The van der Waals surface area contributed by atoms with E-state index in [0.29, 0.717) is 18.4 Å². The highest BCUT2D eigenvalue weighted by atomic mass is 19.1. The second kappa shape index (κ2) is 9.58. The number of carbonyl (C=O) groups excluding carboxylic acids is 1. The molecule has 0 saturated carbocycles. The Kier molecular flexibility index (Phi) is 10.1. The topological polar surface area (TPSA) is 17.1 Å². The molecule has 1 nitrogen and oxygen atoms in total. The minimum Gasteiger partial charge on any atom is -0.291 e. The molecule has 0 radical (unpaired) electrons. The Labute approximate surface area is 111 Å². The van der Waals surface area contributed by atoms with Gasteiger partial charge in [0.05, 0.1) is 0 Å². The summed E-state index contributed by atoms with van der Waals surface area (Å²) in [5, 5.41) is 0. The summed E-state index contributed by atoms with van der Waals surface area (Å²) in [7, 11) is 0. The molecule has 1 aliphatic rings. The number of alkyl halides is 1. The van der Waals surface area contributed by atoms with Crippen molar-refractivity contribution in [2.45, 2.75) is 45.7 Å². The van der Waals surface area contributed by atoms with Crippen LogP contribution in [0.15, 0.2) is 49.6 Å². The van der Waals surface area contributed by atoms with Gasteiger partial charge in [-0.2, -0.15) is 0 Å². The van der Waals surface area contributed by atoms with Crippen molar-refractivity contribution in [3.05, 3.63) is 49.6 Å². The maximum Gasteiger partial charge on any atom is 0.199 e. The van der Waals surface area contributed by atoms with Crippen LogP contribution in [0.3, 0.4) is 0 Å². The van der Waals surface area contributed by atoms with E-state index in [1.54, 1.807) is 6.08 Å². The highest BCUT2D eigenvalue weighted by Gasteiger charge is 2.36. The van der Waals surface area contributed by atoms with Gasteiger partial charge in [-0.1, -0.05) is 39.2 Å². The molecule has 0 fully saturated rings. The first-order chi connectivity index (χ1) is 8.53. The minimum absolute atomic E-state index is 0.278. The Balaban J connectivity index is 0. The first-order valence-corrected chi connectivity index (χ1v) is 6.24. The first kappa shape index (κ1) is 18.9. The second-order valence-electron chi connectivity index (χ2n) is 3.73. The highest BCUT2D eigenvalue weighted by Crippen LogP contribution is 2.31. The number of hydrogen-bond donors (Lipinski definition) is 0.